The summed E-state index contributed by atoms with van der Waals surface area (Å²) in [6, 6.07) is 9.81. The van der Waals surface area contributed by atoms with Crippen LogP contribution in [0.1, 0.15) is 18.4 Å². The van der Waals surface area contributed by atoms with E-state index in [1.54, 1.807) is 4.90 Å². The summed E-state index contributed by atoms with van der Waals surface area (Å²) in [6.45, 7) is 2.47. The molecular formula is C17H20N2O4. The van der Waals surface area contributed by atoms with Crippen molar-refractivity contribution >= 4 is 11.8 Å². The molecule has 1 aromatic carbocycles. The molecule has 3 aliphatic heterocycles. The highest BCUT2D eigenvalue weighted by Crippen LogP contribution is 2.29. The monoisotopic (exact) mass is 316 g/mol. The maximum absolute atomic E-state index is 12.6. The first-order valence-electron chi connectivity index (χ1n) is 8.15. The molecule has 0 aliphatic carbocycles. The number of hydrogen-bond acceptors (Lipinski definition) is 4. The average molecular weight is 316 g/mol. The van der Waals surface area contributed by atoms with Gasteiger partial charge in [0.2, 0.25) is 6.29 Å². The van der Waals surface area contributed by atoms with Gasteiger partial charge in [0.05, 0.1) is 6.54 Å². The molecule has 0 spiro atoms. The summed E-state index contributed by atoms with van der Waals surface area (Å²) in [6.07, 6.45) is 0.116. The van der Waals surface area contributed by atoms with Gasteiger partial charge in [-0.3, -0.25) is 9.59 Å². The number of hydrogen-bond donors (Lipinski definition) is 0. The van der Waals surface area contributed by atoms with E-state index in [1.165, 1.54) is 0 Å². The van der Waals surface area contributed by atoms with Crippen molar-refractivity contribution in [3.05, 3.63) is 35.9 Å². The van der Waals surface area contributed by atoms with E-state index in [2.05, 4.69) is 0 Å². The molecule has 6 nitrogen and oxygen atoms in total. The Kier molecular flexibility index (Phi) is 3.79. The van der Waals surface area contributed by atoms with Crippen LogP contribution in [-0.2, 0) is 25.6 Å². The molecule has 3 aliphatic rings. The predicted octanol–water partition coefficient (Wildman–Crippen LogP) is 0.761. The summed E-state index contributed by atoms with van der Waals surface area (Å²) in [5, 5.41) is 0. The van der Waals surface area contributed by atoms with Crippen LogP contribution >= 0.6 is 0 Å². The Balaban J connectivity index is 1.46. The van der Waals surface area contributed by atoms with Gasteiger partial charge in [-0.05, 0) is 18.4 Å². The Hall–Kier alpha value is -1.92. The van der Waals surface area contributed by atoms with Crippen LogP contribution in [0.2, 0.25) is 0 Å². The van der Waals surface area contributed by atoms with Crippen LogP contribution in [0.15, 0.2) is 30.3 Å². The van der Waals surface area contributed by atoms with E-state index in [0.717, 1.165) is 31.5 Å². The van der Waals surface area contributed by atoms with Gasteiger partial charge >= 0.3 is 0 Å². The highest BCUT2D eigenvalue weighted by Gasteiger charge is 2.51. The van der Waals surface area contributed by atoms with E-state index in [-0.39, 0.29) is 17.9 Å². The molecule has 2 bridgehead atoms. The highest BCUT2D eigenvalue weighted by atomic mass is 16.7. The van der Waals surface area contributed by atoms with E-state index >= 15 is 0 Å². The SMILES string of the molecule is O=C1[C@@H]2O[C@@H](CN1Cc1ccccc1)[C@@H](C(=O)N1CCCC1)O2. The Morgan fingerprint density at radius 1 is 1.13 bits per heavy atom. The van der Waals surface area contributed by atoms with Crippen LogP contribution in [0.5, 0.6) is 0 Å². The van der Waals surface area contributed by atoms with Gasteiger partial charge in [0.25, 0.3) is 11.8 Å². The number of carbonyl (C=O) groups is 2. The molecule has 0 radical (unpaired) electrons. The van der Waals surface area contributed by atoms with Crippen molar-refractivity contribution in [2.75, 3.05) is 19.6 Å². The van der Waals surface area contributed by atoms with Crippen LogP contribution in [0.4, 0.5) is 0 Å². The molecule has 3 heterocycles. The fourth-order valence-corrected chi connectivity index (χ4v) is 3.48. The molecule has 3 fully saturated rings. The third kappa shape index (κ3) is 2.72. The number of morpholine rings is 1. The highest BCUT2D eigenvalue weighted by molar-refractivity contribution is 5.86. The lowest BCUT2D eigenvalue weighted by Crippen LogP contribution is -2.49. The molecule has 4 rings (SSSR count). The molecule has 23 heavy (non-hydrogen) atoms. The smallest absolute Gasteiger partial charge is 0.280 e. The Bertz CT molecular complexity index is 600. The summed E-state index contributed by atoms with van der Waals surface area (Å²) in [5.74, 6) is -0.230. The summed E-state index contributed by atoms with van der Waals surface area (Å²) >= 11 is 0. The number of amides is 2. The lowest BCUT2D eigenvalue weighted by atomic mass is 10.1. The summed E-state index contributed by atoms with van der Waals surface area (Å²) in [5.41, 5.74) is 1.06. The quantitative estimate of drug-likeness (QED) is 0.826. The van der Waals surface area contributed by atoms with Gasteiger partial charge < -0.3 is 19.3 Å². The molecule has 0 unspecified atom stereocenters. The van der Waals surface area contributed by atoms with Crippen LogP contribution in [-0.4, -0.2) is 59.7 Å². The second kappa shape index (κ2) is 5.94. The molecule has 2 amide bonds. The van der Waals surface area contributed by atoms with Gasteiger partial charge in [0, 0.05) is 19.6 Å². The molecular weight excluding hydrogens is 296 g/mol. The van der Waals surface area contributed by atoms with Gasteiger partial charge in [-0.1, -0.05) is 30.3 Å². The third-order valence-corrected chi connectivity index (χ3v) is 4.70. The second-order valence-corrected chi connectivity index (χ2v) is 6.30. The van der Waals surface area contributed by atoms with Crippen molar-refractivity contribution in [3.8, 4) is 0 Å². The van der Waals surface area contributed by atoms with Gasteiger partial charge in [-0.25, -0.2) is 0 Å². The summed E-state index contributed by atoms with van der Waals surface area (Å²) in [4.78, 5) is 28.5. The zero-order valence-corrected chi connectivity index (χ0v) is 12.9. The van der Waals surface area contributed by atoms with E-state index < -0.39 is 12.4 Å². The Morgan fingerprint density at radius 2 is 1.87 bits per heavy atom. The van der Waals surface area contributed by atoms with Crippen LogP contribution in [0.25, 0.3) is 0 Å². The number of ether oxygens (including phenoxy) is 2. The molecule has 3 saturated heterocycles. The fraction of sp³-hybridized carbons (Fsp3) is 0.529. The maximum atomic E-state index is 12.6. The first kappa shape index (κ1) is 14.7. The molecule has 1 aromatic rings. The predicted molar refractivity (Wildman–Crippen MR) is 81.2 cm³/mol. The topological polar surface area (TPSA) is 59.1 Å². The number of likely N-dealkylation sites (tertiary alicyclic amines) is 1. The number of carbonyl (C=O) groups excluding carboxylic acids is 2. The lowest BCUT2D eigenvalue weighted by Gasteiger charge is -2.31. The zero-order valence-electron chi connectivity index (χ0n) is 12.9. The number of rotatable bonds is 3. The minimum Gasteiger partial charge on any atom is -0.340 e. The normalized spacial score (nSPS) is 30.1. The Morgan fingerprint density at radius 3 is 2.61 bits per heavy atom. The fourth-order valence-electron chi connectivity index (χ4n) is 3.48. The standard InChI is InChI=1S/C17H20N2O4/c20-15(18-8-4-5-9-18)14-13-11-19(16(21)17(22-13)23-14)10-12-6-2-1-3-7-12/h1-3,6-7,13-14,17H,4-5,8-11H2/t13-,14-,17+/m0/s1. The van der Waals surface area contributed by atoms with Crippen molar-refractivity contribution in [1.82, 2.24) is 9.80 Å². The minimum atomic E-state index is -0.936. The molecule has 0 saturated carbocycles. The molecule has 0 aromatic heterocycles. The van der Waals surface area contributed by atoms with Crippen molar-refractivity contribution in [3.63, 3.8) is 0 Å². The second-order valence-electron chi connectivity index (χ2n) is 6.30. The average Bonchev–Trinajstić information content (AvgIpc) is 3.21. The number of fused-ring (bicyclic) bond motifs is 2. The number of nitrogens with zero attached hydrogens (tertiary/aromatic N) is 2. The van der Waals surface area contributed by atoms with E-state index in [4.69, 9.17) is 9.47 Å². The summed E-state index contributed by atoms with van der Waals surface area (Å²) < 4.78 is 11.2. The lowest BCUT2D eigenvalue weighted by molar-refractivity contribution is -0.172. The summed E-state index contributed by atoms with van der Waals surface area (Å²) in [7, 11) is 0. The number of benzene rings is 1. The van der Waals surface area contributed by atoms with Crippen LogP contribution in [0, 0.1) is 0 Å². The van der Waals surface area contributed by atoms with Gasteiger partial charge in [0.1, 0.15) is 6.10 Å². The molecule has 6 heteroatoms. The van der Waals surface area contributed by atoms with E-state index in [0.29, 0.717) is 13.1 Å². The van der Waals surface area contributed by atoms with Crippen molar-refractivity contribution in [1.29, 1.82) is 0 Å². The molecule has 3 atom stereocenters. The third-order valence-electron chi connectivity index (χ3n) is 4.70. The minimum absolute atomic E-state index is 0.0376. The van der Waals surface area contributed by atoms with Gasteiger partial charge in [0.15, 0.2) is 6.10 Å². The first-order valence-corrected chi connectivity index (χ1v) is 8.15. The zero-order chi connectivity index (χ0) is 15.8. The molecule has 0 N–H and O–H groups in total. The van der Waals surface area contributed by atoms with Gasteiger partial charge in [-0.2, -0.15) is 0 Å². The van der Waals surface area contributed by atoms with Crippen LogP contribution < -0.4 is 0 Å². The largest absolute Gasteiger partial charge is 0.340 e. The maximum Gasteiger partial charge on any atom is 0.280 e. The van der Waals surface area contributed by atoms with Gasteiger partial charge in [-0.15, -0.1) is 0 Å². The first-order chi connectivity index (χ1) is 11.2. The van der Waals surface area contributed by atoms with Crippen molar-refractivity contribution in [2.24, 2.45) is 0 Å². The van der Waals surface area contributed by atoms with Crippen LogP contribution in [0.3, 0.4) is 0 Å². The van der Waals surface area contributed by atoms with Crippen molar-refractivity contribution in [2.45, 2.75) is 37.9 Å². The molecule has 122 valence electrons. The van der Waals surface area contributed by atoms with E-state index in [1.807, 2.05) is 35.2 Å². The van der Waals surface area contributed by atoms with Crippen molar-refractivity contribution < 1.29 is 19.1 Å². The van der Waals surface area contributed by atoms with E-state index in [9.17, 15) is 9.59 Å². The Labute approximate surface area is 134 Å².